The van der Waals surface area contributed by atoms with Gasteiger partial charge in [-0.25, -0.2) is 9.37 Å². The number of nitrogens with zero attached hydrogens (tertiary/aromatic N) is 2. The molecule has 1 aromatic heterocycles. The maximum absolute atomic E-state index is 13.5. The average Bonchev–Trinajstić information content (AvgIpc) is 2.30. The Kier molecular flexibility index (Phi) is 3.64. The molecular weight excluding hydrogens is 227 g/mol. The minimum absolute atomic E-state index is 0.204. The Morgan fingerprint density at radius 2 is 2.19 bits per heavy atom. The second-order valence-corrected chi connectivity index (χ2v) is 5.00. The SMILES string of the molecule is CC(Cl)C1CCN(c2ncccc2F)CC1. The van der Waals surface area contributed by atoms with Crippen LogP contribution in [0.4, 0.5) is 10.2 Å². The first-order valence-corrected chi connectivity index (χ1v) is 6.11. The standard InChI is InChI=1S/C12H16ClFN2/c1-9(13)10-4-7-16(8-5-10)12-11(14)3-2-6-15-12/h2-3,6,9-10H,4-5,7-8H2,1H3. The van der Waals surface area contributed by atoms with E-state index in [1.165, 1.54) is 6.07 Å². The van der Waals surface area contributed by atoms with E-state index in [0.29, 0.717) is 11.7 Å². The number of piperidine rings is 1. The summed E-state index contributed by atoms with van der Waals surface area (Å²) in [5, 5.41) is 0.204. The predicted octanol–water partition coefficient (Wildman–Crippen LogP) is 3.06. The molecule has 0 aromatic carbocycles. The van der Waals surface area contributed by atoms with Crippen molar-refractivity contribution in [2.75, 3.05) is 18.0 Å². The molecule has 1 aliphatic heterocycles. The highest BCUT2D eigenvalue weighted by molar-refractivity contribution is 6.20. The van der Waals surface area contributed by atoms with Crippen LogP contribution < -0.4 is 4.90 Å². The van der Waals surface area contributed by atoms with Gasteiger partial charge in [-0.15, -0.1) is 11.6 Å². The molecule has 4 heteroatoms. The van der Waals surface area contributed by atoms with Crippen molar-refractivity contribution in [1.82, 2.24) is 4.98 Å². The monoisotopic (exact) mass is 242 g/mol. The zero-order valence-corrected chi connectivity index (χ0v) is 10.1. The lowest BCUT2D eigenvalue weighted by Crippen LogP contribution is -2.36. The first kappa shape index (κ1) is 11.6. The van der Waals surface area contributed by atoms with Crippen molar-refractivity contribution in [3.63, 3.8) is 0 Å². The summed E-state index contributed by atoms with van der Waals surface area (Å²) in [6.45, 7) is 3.72. The Morgan fingerprint density at radius 3 is 2.75 bits per heavy atom. The van der Waals surface area contributed by atoms with Gasteiger partial charge in [0.1, 0.15) is 0 Å². The van der Waals surface area contributed by atoms with Gasteiger partial charge in [-0.2, -0.15) is 0 Å². The summed E-state index contributed by atoms with van der Waals surface area (Å²) in [6.07, 6.45) is 3.66. The number of anilines is 1. The zero-order valence-electron chi connectivity index (χ0n) is 9.37. The molecule has 0 spiro atoms. The first-order chi connectivity index (χ1) is 7.68. The van der Waals surface area contributed by atoms with Gasteiger partial charge in [-0.05, 0) is 37.8 Å². The lowest BCUT2D eigenvalue weighted by Gasteiger charge is -2.33. The van der Waals surface area contributed by atoms with Crippen LogP contribution in [-0.4, -0.2) is 23.5 Å². The number of halogens is 2. The van der Waals surface area contributed by atoms with Crippen LogP contribution in [0.15, 0.2) is 18.3 Å². The van der Waals surface area contributed by atoms with Crippen LogP contribution >= 0.6 is 11.6 Å². The van der Waals surface area contributed by atoms with Gasteiger partial charge in [0.2, 0.25) is 0 Å². The number of rotatable bonds is 2. The summed E-state index contributed by atoms with van der Waals surface area (Å²) in [7, 11) is 0. The van der Waals surface area contributed by atoms with Gasteiger partial charge in [-0.3, -0.25) is 0 Å². The Hall–Kier alpha value is -0.830. The number of hydrogen-bond acceptors (Lipinski definition) is 2. The largest absolute Gasteiger partial charge is 0.354 e. The zero-order chi connectivity index (χ0) is 11.5. The summed E-state index contributed by atoms with van der Waals surface area (Å²) < 4.78 is 13.5. The molecule has 1 atom stereocenters. The Morgan fingerprint density at radius 1 is 1.50 bits per heavy atom. The molecule has 2 nitrogen and oxygen atoms in total. The van der Waals surface area contributed by atoms with Crippen LogP contribution in [0.2, 0.25) is 0 Å². The van der Waals surface area contributed by atoms with Crippen molar-refractivity contribution >= 4 is 17.4 Å². The van der Waals surface area contributed by atoms with Crippen molar-refractivity contribution in [3.05, 3.63) is 24.1 Å². The quantitative estimate of drug-likeness (QED) is 0.741. The van der Waals surface area contributed by atoms with Crippen LogP contribution in [0.3, 0.4) is 0 Å². The molecule has 1 saturated heterocycles. The Bertz CT molecular complexity index is 349. The molecule has 0 amide bonds. The smallest absolute Gasteiger partial charge is 0.165 e. The maximum atomic E-state index is 13.5. The fraction of sp³-hybridized carbons (Fsp3) is 0.583. The Labute approximate surface area is 100 Å². The van der Waals surface area contributed by atoms with Crippen LogP contribution in [0.5, 0.6) is 0 Å². The van der Waals surface area contributed by atoms with E-state index in [-0.39, 0.29) is 11.2 Å². The molecule has 2 rings (SSSR count). The van der Waals surface area contributed by atoms with Crippen molar-refractivity contribution in [1.29, 1.82) is 0 Å². The van der Waals surface area contributed by atoms with Crippen LogP contribution in [0, 0.1) is 11.7 Å². The van der Waals surface area contributed by atoms with Crippen molar-refractivity contribution in [3.8, 4) is 0 Å². The van der Waals surface area contributed by atoms with Gasteiger partial charge in [-0.1, -0.05) is 0 Å². The van der Waals surface area contributed by atoms with E-state index in [0.717, 1.165) is 25.9 Å². The molecule has 2 heterocycles. The number of hydrogen-bond donors (Lipinski definition) is 0. The fourth-order valence-electron chi connectivity index (χ4n) is 2.18. The molecule has 0 bridgehead atoms. The fourth-order valence-corrected chi connectivity index (χ4v) is 2.43. The second-order valence-electron chi connectivity index (χ2n) is 4.31. The number of pyridine rings is 1. The summed E-state index contributed by atoms with van der Waals surface area (Å²) in [6, 6.07) is 3.07. The van der Waals surface area contributed by atoms with Gasteiger partial charge < -0.3 is 4.90 Å². The molecule has 0 saturated carbocycles. The van der Waals surface area contributed by atoms with Gasteiger partial charge >= 0.3 is 0 Å². The molecule has 1 aromatic rings. The number of aromatic nitrogens is 1. The highest BCUT2D eigenvalue weighted by Crippen LogP contribution is 2.27. The normalized spacial score (nSPS) is 19.8. The van der Waals surface area contributed by atoms with E-state index >= 15 is 0 Å². The molecule has 16 heavy (non-hydrogen) atoms. The molecule has 0 radical (unpaired) electrons. The molecular formula is C12H16ClFN2. The van der Waals surface area contributed by atoms with Gasteiger partial charge in [0, 0.05) is 24.7 Å². The third kappa shape index (κ3) is 2.46. The van der Waals surface area contributed by atoms with E-state index in [2.05, 4.69) is 4.98 Å². The topological polar surface area (TPSA) is 16.1 Å². The van der Waals surface area contributed by atoms with E-state index in [9.17, 15) is 4.39 Å². The van der Waals surface area contributed by atoms with Crippen LogP contribution in [0.1, 0.15) is 19.8 Å². The Balaban J connectivity index is 2.02. The number of alkyl halides is 1. The lowest BCUT2D eigenvalue weighted by atomic mass is 9.94. The lowest BCUT2D eigenvalue weighted by molar-refractivity contribution is 0.396. The van der Waals surface area contributed by atoms with Crippen molar-refractivity contribution < 1.29 is 4.39 Å². The van der Waals surface area contributed by atoms with Gasteiger partial charge in [0.25, 0.3) is 0 Å². The average molecular weight is 243 g/mol. The summed E-state index contributed by atoms with van der Waals surface area (Å²) in [5.41, 5.74) is 0. The highest BCUT2D eigenvalue weighted by atomic mass is 35.5. The summed E-state index contributed by atoms with van der Waals surface area (Å²) in [5.74, 6) is 0.785. The molecule has 1 fully saturated rings. The predicted molar refractivity (Wildman–Crippen MR) is 64.4 cm³/mol. The highest BCUT2D eigenvalue weighted by Gasteiger charge is 2.24. The van der Waals surface area contributed by atoms with Gasteiger partial charge in [0.05, 0.1) is 0 Å². The third-order valence-corrected chi connectivity index (χ3v) is 3.58. The minimum Gasteiger partial charge on any atom is -0.354 e. The third-order valence-electron chi connectivity index (χ3n) is 3.23. The summed E-state index contributed by atoms with van der Waals surface area (Å²) in [4.78, 5) is 6.09. The molecule has 0 N–H and O–H groups in total. The minimum atomic E-state index is -0.236. The van der Waals surface area contributed by atoms with Crippen molar-refractivity contribution in [2.45, 2.75) is 25.1 Å². The van der Waals surface area contributed by atoms with Crippen LogP contribution in [0.25, 0.3) is 0 Å². The first-order valence-electron chi connectivity index (χ1n) is 5.68. The van der Waals surface area contributed by atoms with Gasteiger partial charge in [0.15, 0.2) is 11.6 Å². The molecule has 88 valence electrons. The summed E-state index contributed by atoms with van der Waals surface area (Å²) >= 11 is 6.07. The molecule has 1 unspecified atom stereocenters. The van der Waals surface area contributed by atoms with E-state index < -0.39 is 0 Å². The van der Waals surface area contributed by atoms with E-state index in [4.69, 9.17) is 11.6 Å². The second kappa shape index (κ2) is 5.00. The van der Waals surface area contributed by atoms with Crippen molar-refractivity contribution in [2.24, 2.45) is 5.92 Å². The van der Waals surface area contributed by atoms with Crippen LogP contribution in [-0.2, 0) is 0 Å². The molecule has 1 aliphatic rings. The maximum Gasteiger partial charge on any atom is 0.165 e. The van der Waals surface area contributed by atoms with E-state index in [1.54, 1.807) is 12.3 Å². The van der Waals surface area contributed by atoms with E-state index in [1.807, 2.05) is 11.8 Å². The molecule has 0 aliphatic carbocycles.